The second kappa shape index (κ2) is 7.96. The monoisotopic (exact) mass is 307 g/mol. The minimum absolute atomic E-state index is 0.572. The van der Waals surface area contributed by atoms with Gasteiger partial charge < -0.3 is 0 Å². The van der Waals surface area contributed by atoms with Crippen LogP contribution in [-0.4, -0.2) is 4.35 Å². The number of alkyl halides is 1. The zero-order chi connectivity index (χ0) is 10.3. The van der Waals surface area contributed by atoms with Gasteiger partial charge in [-0.15, -0.1) is 9.24 Å². The third-order valence-electron chi connectivity index (χ3n) is 1.58. The standard InChI is InChI=1S/C9H13P.CH2Cl.Pd/c1-7(2)8-4-3-5-9(10)6-8;1-2;/h3-7H,10H2,1-2H3;1H2;. The van der Waals surface area contributed by atoms with Gasteiger partial charge >= 0.3 is 35.2 Å². The van der Waals surface area contributed by atoms with Crippen LogP contribution in [0.2, 0.25) is 0 Å². The summed E-state index contributed by atoms with van der Waals surface area (Å²) in [5, 5.41) is 1.27. The molecule has 0 aliphatic rings. The first-order valence-electron chi connectivity index (χ1n) is 4.04. The minimum atomic E-state index is 0.572. The SMILES string of the molecule is CC(C)c1cccc(P)c1.Cl[CH2][Pd]. The molecule has 1 rings (SSSR count). The molecule has 0 N–H and O–H groups in total. The third kappa shape index (κ3) is 6.64. The average Bonchev–Trinajstić information content (AvgIpc) is 2.05. The average molecular weight is 308 g/mol. The Bertz CT molecular complexity index is 238. The van der Waals surface area contributed by atoms with Gasteiger partial charge in [0.1, 0.15) is 0 Å². The van der Waals surface area contributed by atoms with Gasteiger partial charge in [0.15, 0.2) is 0 Å². The van der Waals surface area contributed by atoms with E-state index in [1.54, 1.807) is 0 Å². The summed E-state index contributed by atoms with van der Waals surface area (Å²) >= 11 is 7.64. The molecule has 3 heteroatoms. The Balaban J connectivity index is 0.000000424. The molecule has 77 valence electrons. The van der Waals surface area contributed by atoms with Crippen molar-refractivity contribution in [2.24, 2.45) is 0 Å². The van der Waals surface area contributed by atoms with E-state index in [0.29, 0.717) is 10.3 Å². The van der Waals surface area contributed by atoms with Crippen molar-refractivity contribution in [1.82, 2.24) is 0 Å². The summed E-state index contributed by atoms with van der Waals surface area (Å²) in [6.45, 7) is 4.42. The van der Waals surface area contributed by atoms with Crippen LogP contribution < -0.4 is 5.30 Å². The summed E-state index contributed by atoms with van der Waals surface area (Å²) < 4.78 is 0.572. The van der Waals surface area contributed by atoms with E-state index < -0.39 is 0 Å². The third-order valence-corrected chi connectivity index (χ3v) is 1.94. The summed E-state index contributed by atoms with van der Waals surface area (Å²) in [6.07, 6.45) is 0. The van der Waals surface area contributed by atoms with Crippen molar-refractivity contribution in [2.75, 3.05) is 4.35 Å². The fourth-order valence-electron chi connectivity index (χ4n) is 0.918. The van der Waals surface area contributed by atoms with Crippen molar-refractivity contribution in [2.45, 2.75) is 19.8 Å². The summed E-state index contributed by atoms with van der Waals surface area (Å²) in [6, 6.07) is 8.56. The van der Waals surface area contributed by atoms with E-state index in [1.165, 1.54) is 10.9 Å². The molecule has 0 radical (unpaired) electrons. The molecule has 1 aromatic carbocycles. The van der Waals surface area contributed by atoms with E-state index in [2.05, 4.69) is 66.6 Å². The molecule has 0 saturated heterocycles. The van der Waals surface area contributed by atoms with Crippen LogP contribution in [0.4, 0.5) is 0 Å². The number of hydrogen-bond acceptors (Lipinski definition) is 0. The Labute approximate surface area is 99.1 Å². The van der Waals surface area contributed by atoms with Crippen molar-refractivity contribution in [3.05, 3.63) is 29.8 Å². The van der Waals surface area contributed by atoms with E-state index in [9.17, 15) is 0 Å². The molecule has 0 spiro atoms. The predicted molar refractivity (Wildman–Crippen MR) is 60.6 cm³/mol. The fourth-order valence-corrected chi connectivity index (χ4v) is 1.22. The summed E-state index contributed by atoms with van der Waals surface area (Å²) in [5.41, 5.74) is 1.41. The van der Waals surface area contributed by atoms with E-state index in [4.69, 9.17) is 11.6 Å². The molecule has 1 atom stereocenters. The van der Waals surface area contributed by atoms with Crippen LogP contribution in [0, 0.1) is 0 Å². The number of hydrogen-bond donors (Lipinski definition) is 0. The van der Waals surface area contributed by atoms with Gasteiger partial charge in [-0.2, -0.15) is 0 Å². The number of benzene rings is 1. The molecule has 0 fully saturated rings. The quantitative estimate of drug-likeness (QED) is 0.425. The number of rotatable bonds is 1. The van der Waals surface area contributed by atoms with Crippen molar-refractivity contribution < 1.29 is 19.2 Å². The van der Waals surface area contributed by atoms with Gasteiger partial charge in [0.05, 0.1) is 0 Å². The van der Waals surface area contributed by atoms with Crippen molar-refractivity contribution in [3.8, 4) is 0 Å². The van der Waals surface area contributed by atoms with Gasteiger partial charge in [-0.3, -0.25) is 0 Å². The molecular formula is C10H15ClPPd. The Morgan fingerprint density at radius 2 is 2.00 bits per heavy atom. The summed E-state index contributed by atoms with van der Waals surface area (Å²) in [4.78, 5) is 0. The van der Waals surface area contributed by atoms with Gasteiger partial charge in [-0.1, -0.05) is 38.1 Å². The van der Waals surface area contributed by atoms with E-state index >= 15 is 0 Å². The van der Waals surface area contributed by atoms with Crippen LogP contribution in [0.25, 0.3) is 0 Å². The number of halogens is 1. The molecule has 1 unspecified atom stereocenters. The van der Waals surface area contributed by atoms with Crippen LogP contribution in [-0.2, 0) is 19.2 Å². The maximum atomic E-state index is 4.93. The van der Waals surface area contributed by atoms with Gasteiger partial charge in [-0.05, 0) is 16.8 Å². The van der Waals surface area contributed by atoms with Gasteiger partial charge in [0.2, 0.25) is 0 Å². The van der Waals surface area contributed by atoms with Gasteiger partial charge in [-0.25, -0.2) is 0 Å². The molecule has 0 bridgehead atoms. The van der Waals surface area contributed by atoms with Crippen LogP contribution in [0.5, 0.6) is 0 Å². The topological polar surface area (TPSA) is 0 Å². The Morgan fingerprint density at radius 3 is 2.31 bits per heavy atom. The second-order valence-corrected chi connectivity index (χ2v) is 4.99. The van der Waals surface area contributed by atoms with Crippen LogP contribution in [0.1, 0.15) is 25.3 Å². The van der Waals surface area contributed by atoms with Gasteiger partial charge in [0.25, 0.3) is 0 Å². The molecule has 0 aromatic heterocycles. The molecule has 0 aliphatic carbocycles. The Morgan fingerprint density at radius 1 is 1.46 bits per heavy atom. The second-order valence-electron chi connectivity index (χ2n) is 2.91. The molecule has 0 nitrogen and oxygen atoms in total. The normalized spacial score (nSPS) is 9.46. The fraction of sp³-hybridized carbons (Fsp3) is 0.400. The van der Waals surface area contributed by atoms with Gasteiger partial charge in [0, 0.05) is 0 Å². The van der Waals surface area contributed by atoms with E-state index in [0.717, 1.165) is 0 Å². The summed E-state index contributed by atoms with van der Waals surface area (Å²) in [5.74, 6) is 0.639. The van der Waals surface area contributed by atoms with E-state index in [1.807, 2.05) is 0 Å². The molecule has 0 aliphatic heterocycles. The Hall–Kier alpha value is 0.602. The zero-order valence-corrected chi connectivity index (χ0v) is 11.3. The molecule has 0 amide bonds. The van der Waals surface area contributed by atoms with Crippen LogP contribution >= 0.6 is 20.8 Å². The van der Waals surface area contributed by atoms with E-state index in [-0.39, 0.29) is 0 Å². The zero-order valence-electron chi connectivity index (χ0n) is 7.87. The molecule has 13 heavy (non-hydrogen) atoms. The van der Waals surface area contributed by atoms with Crippen molar-refractivity contribution in [1.29, 1.82) is 0 Å². The first-order valence-corrected chi connectivity index (χ1v) is 6.26. The first kappa shape index (κ1) is 13.6. The van der Waals surface area contributed by atoms with Crippen LogP contribution in [0.3, 0.4) is 0 Å². The molecule has 0 heterocycles. The molecule has 0 saturated carbocycles. The predicted octanol–water partition coefficient (Wildman–Crippen LogP) is 3.04. The molecular weight excluding hydrogens is 293 g/mol. The van der Waals surface area contributed by atoms with Crippen LogP contribution in [0.15, 0.2) is 24.3 Å². The summed E-state index contributed by atoms with van der Waals surface area (Å²) in [7, 11) is 2.71. The Kier molecular flexibility index (Phi) is 8.32. The molecule has 1 aromatic rings. The first-order chi connectivity index (χ1) is 6.11. The van der Waals surface area contributed by atoms with Crippen molar-refractivity contribution >= 4 is 26.1 Å². The maximum absolute atomic E-state index is 4.93. The van der Waals surface area contributed by atoms with Crippen molar-refractivity contribution in [3.63, 3.8) is 0 Å².